The normalized spacial score (nSPS) is 38.8. The van der Waals surface area contributed by atoms with Crippen LogP contribution in [0.5, 0.6) is 0 Å². The molecule has 25 heavy (non-hydrogen) atoms. The molecule has 0 radical (unpaired) electrons. The number of carbonyl (C=O) groups is 1. The zero-order chi connectivity index (χ0) is 17.6. The first-order valence-corrected chi connectivity index (χ1v) is 11.9. The number of piperidine rings is 1. The highest BCUT2D eigenvalue weighted by Gasteiger charge is 2.47. The van der Waals surface area contributed by atoms with Crippen LogP contribution < -0.4 is 0 Å². The maximum atomic E-state index is 13.5. The van der Waals surface area contributed by atoms with Crippen LogP contribution in [0, 0.1) is 17.8 Å². The van der Waals surface area contributed by atoms with Gasteiger partial charge in [-0.1, -0.05) is 13.3 Å². The quantitative estimate of drug-likeness (QED) is 0.766. The molecule has 5 aliphatic rings. The lowest BCUT2D eigenvalue weighted by atomic mass is 9.68. The van der Waals surface area contributed by atoms with Gasteiger partial charge in [-0.05, 0) is 69.1 Å². The van der Waals surface area contributed by atoms with Crippen molar-refractivity contribution < 1.29 is 13.2 Å². The molecule has 5 nitrogen and oxygen atoms in total. The number of nitrogens with zero attached hydrogens (tertiary/aromatic N) is 2. The largest absolute Gasteiger partial charge is 0.338 e. The molecule has 4 bridgehead atoms. The van der Waals surface area contributed by atoms with E-state index >= 15 is 0 Å². The lowest BCUT2D eigenvalue weighted by Crippen LogP contribution is -2.55. The van der Waals surface area contributed by atoms with Crippen molar-refractivity contribution in [2.24, 2.45) is 17.8 Å². The molecule has 3 unspecified atom stereocenters. The Morgan fingerprint density at radius 2 is 1.68 bits per heavy atom. The van der Waals surface area contributed by atoms with Gasteiger partial charge in [0, 0.05) is 19.1 Å². The third kappa shape index (κ3) is 3.36. The topological polar surface area (TPSA) is 57.7 Å². The van der Waals surface area contributed by atoms with Gasteiger partial charge in [0.1, 0.15) is 6.04 Å². The van der Waals surface area contributed by atoms with E-state index < -0.39 is 16.1 Å². The highest BCUT2D eigenvalue weighted by atomic mass is 32.2. The summed E-state index contributed by atoms with van der Waals surface area (Å²) in [6, 6.07) is -0.0811. The fraction of sp³-hybridized carbons (Fsp3) is 0.947. The second-order valence-electron chi connectivity index (χ2n) is 8.86. The molecule has 3 atom stereocenters. The van der Waals surface area contributed by atoms with Crippen LogP contribution in [-0.2, 0) is 14.8 Å². The van der Waals surface area contributed by atoms with Crippen LogP contribution in [0.25, 0.3) is 0 Å². The monoisotopic (exact) mass is 368 g/mol. The summed E-state index contributed by atoms with van der Waals surface area (Å²) < 4.78 is 26.9. The minimum atomic E-state index is -3.31. The van der Waals surface area contributed by atoms with Gasteiger partial charge in [0.15, 0.2) is 0 Å². The Morgan fingerprint density at radius 3 is 2.36 bits per heavy atom. The van der Waals surface area contributed by atoms with E-state index in [4.69, 9.17) is 0 Å². The molecule has 5 rings (SSSR count). The predicted octanol–water partition coefficient (Wildman–Crippen LogP) is 2.62. The number of rotatable bonds is 4. The van der Waals surface area contributed by atoms with Gasteiger partial charge in [0.05, 0.1) is 5.75 Å². The van der Waals surface area contributed by atoms with Crippen LogP contribution >= 0.6 is 0 Å². The second-order valence-corrected chi connectivity index (χ2v) is 10.9. The lowest BCUT2D eigenvalue weighted by molar-refractivity contribution is -0.139. The van der Waals surface area contributed by atoms with Crippen LogP contribution in [0.4, 0.5) is 0 Å². The Hall–Kier alpha value is -0.620. The maximum absolute atomic E-state index is 13.5. The van der Waals surface area contributed by atoms with Crippen molar-refractivity contribution >= 4 is 15.9 Å². The Bertz CT molecular complexity index is 606. The fourth-order valence-corrected chi connectivity index (χ4v) is 7.85. The van der Waals surface area contributed by atoms with E-state index in [1.807, 2.05) is 6.92 Å². The molecular weight excluding hydrogens is 336 g/mol. The molecule has 0 aromatic rings. The van der Waals surface area contributed by atoms with Gasteiger partial charge < -0.3 is 4.90 Å². The van der Waals surface area contributed by atoms with E-state index in [0.717, 1.165) is 44.1 Å². The van der Waals surface area contributed by atoms with E-state index in [9.17, 15) is 13.2 Å². The molecule has 3 aliphatic heterocycles. The number of hydrogen-bond acceptors (Lipinski definition) is 3. The van der Waals surface area contributed by atoms with Crippen molar-refractivity contribution in [2.75, 3.05) is 18.8 Å². The van der Waals surface area contributed by atoms with Crippen molar-refractivity contribution in [2.45, 2.75) is 76.8 Å². The van der Waals surface area contributed by atoms with Gasteiger partial charge in [-0.2, -0.15) is 4.31 Å². The summed E-state index contributed by atoms with van der Waals surface area (Å²) in [4.78, 5) is 15.6. The van der Waals surface area contributed by atoms with Crippen molar-refractivity contribution in [1.29, 1.82) is 0 Å². The molecule has 0 aromatic heterocycles. The van der Waals surface area contributed by atoms with E-state index in [2.05, 4.69) is 4.90 Å². The lowest BCUT2D eigenvalue weighted by Gasteiger charge is -2.41. The number of fused-ring (bicyclic) bond motifs is 1. The zero-order valence-electron chi connectivity index (χ0n) is 15.4. The van der Waals surface area contributed by atoms with Crippen LogP contribution in [0.3, 0.4) is 0 Å². The third-order valence-corrected chi connectivity index (χ3v) is 9.02. The van der Waals surface area contributed by atoms with Gasteiger partial charge in [0.2, 0.25) is 15.9 Å². The van der Waals surface area contributed by atoms with Crippen LogP contribution in [0.1, 0.15) is 64.7 Å². The Morgan fingerprint density at radius 1 is 1.00 bits per heavy atom. The SMILES string of the molecule is CCCS(=O)(=O)N1CCCCC1C(=O)N1CC2CC3CC(C2)CC1C3. The van der Waals surface area contributed by atoms with Crippen molar-refractivity contribution in [1.82, 2.24) is 9.21 Å². The fourth-order valence-electron chi connectivity index (χ4n) is 6.11. The van der Waals surface area contributed by atoms with Gasteiger partial charge >= 0.3 is 0 Å². The smallest absolute Gasteiger partial charge is 0.241 e. The summed E-state index contributed by atoms with van der Waals surface area (Å²) in [5, 5.41) is 0. The molecule has 5 fully saturated rings. The van der Waals surface area contributed by atoms with E-state index in [1.54, 1.807) is 4.31 Å². The maximum Gasteiger partial charge on any atom is 0.241 e. The minimum Gasteiger partial charge on any atom is -0.338 e. The molecule has 0 aromatic carbocycles. The van der Waals surface area contributed by atoms with Crippen molar-refractivity contribution in [3.63, 3.8) is 0 Å². The first-order valence-electron chi connectivity index (χ1n) is 10.3. The molecule has 142 valence electrons. The summed E-state index contributed by atoms with van der Waals surface area (Å²) in [5.74, 6) is 2.51. The number of sulfonamides is 1. The van der Waals surface area contributed by atoms with E-state index in [1.165, 1.54) is 19.3 Å². The van der Waals surface area contributed by atoms with Gasteiger partial charge in [-0.15, -0.1) is 0 Å². The van der Waals surface area contributed by atoms with E-state index in [-0.39, 0.29) is 11.7 Å². The molecule has 3 heterocycles. The third-order valence-electron chi connectivity index (χ3n) is 6.95. The van der Waals surface area contributed by atoms with Crippen LogP contribution in [-0.4, -0.2) is 54.5 Å². The van der Waals surface area contributed by atoms with Gasteiger partial charge in [-0.3, -0.25) is 4.79 Å². The second kappa shape index (κ2) is 6.84. The van der Waals surface area contributed by atoms with Crippen molar-refractivity contribution in [3.05, 3.63) is 0 Å². The number of hydrogen-bond donors (Lipinski definition) is 0. The molecule has 1 amide bonds. The Kier molecular flexibility index (Phi) is 4.86. The molecule has 0 spiro atoms. The summed E-state index contributed by atoms with van der Waals surface area (Å²) in [6.45, 7) is 3.28. The molecule has 2 saturated carbocycles. The van der Waals surface area contributed by atoms with Crippen LogP contribution in [0.15, 0.2) is 0 Å². The summed E-state index contributed by atoms with van der Waals surface area (Å²) in [7, 11) is -3.31. The molecular formula is C19H32N2O3S. The first-order chi connectivity index (χ1) is 12.0. The van der Waals surface area contributed by atoms with Gasteiger partial charge in [-0.25, -0.2) is 8.42 Å². The highest BCUT2D eigenvalue weighted by molar-refractivity contribution is 7.89. The summed E-state index contributed by atoms with van der Waals surface area (Å²) >= 11 is 0. The predicted molar refractivity (Wildman–Crippen MR) is 97.5 cm³/mol. The highest BCUT2D eigenvalue weighted by Crippen LogP contribution is 2.47. The Balaban J connectivity index is 1.56. The van der Waals surface area contributed by atoms with Crippen molar-refractivity contribution in [3.8, 4) is 0 Å². The van der Waals surface area contributed by atoms with Crippen LogP contribution in [0.2, 0.25) is 0 Å². The minimum absolute atomic E-state index is 0.109. The Labute approximate surface area is 152 Å². The number of carbonyl (C=O) groups excluding carboxylic acids is 1. The first kappa shape index (κ1) is 17.8. The molecule has 2 aliphatic carbocycles. The molecule has 0 N–H and O–H groups in total. The molecule has 3 saturated heterocycles. The summed E-state index contributed by atoms with van der Waals surface area (Å²) in [6.07, 6.45) is 9.35. The molecule has 6 heteroatoms. The average Bonchev–Trinajstić information content (AvgIpc) is 2.77. The zero-order valence-corrected chi connectivity index (χ0v) is 16.2. The summed E-state index contributed by atoms with van der Waals surface area (Å²) in [5.41, 5.74) is 0. The average molecular weight is 369 g/mol. The van der Waals surface area contributed by atoms with Gasteiger partial charge in [0.25, 0.3) is 0 Å². The van der Waals surface area contributed by atoms with E-state index in [0.29, 0.717) is 31.3 Å². The standard InChI is InChI=1S/C19H32N2O3S/c1-2-7-25(23,24)21-6-4-3-5-18(21)19(22)20-13-16-9-14-8-15(10-16)12-17(20)11-14/h14-18H,2-13H2,1H3. The number of amides is 1.